The molecule has 2 rings (SSSR count). The van der Waals surface area contributed by atoms with E-state index in [2.05, 4.69) is 9.63 Å². The van der Waals surface area contributed by atoms with Gasteiger partial charge in [0.15, 0.2) is 0 Å². The summed E-state index contributed by atoms with van der Waals surface area (Å²) < 4.78 is 0. The zero-order valence-electron chi connectivity index (χ0n) is 10.7. The second-order valence-corrected chi connectivity index (χ2v) is 4.28. The number of rotatable bonds is 3. The standard InChI is InChI=1S/C13H11N3O4/c1-8-2-4-9(5-3-8)12(15-14)13(19)20-16-10(17)6-7-11(16)18/h2-5H,6-7H2,1H3. The molecule has 0 spiro atoms. The van der Waals surface area contributed by atoms with Crippen molar-refractivity contribution in [2.45, 2.75) is 19.8 Å². The van der Waals surface area contributed by atoms with Crippen LogP contribution in [0.15, 0.2) is 24.3 Å². The van der Waals surface area contributed by atoms with Gasteiger partial charge in [0.2, 0.25) is 0 Å². The normalized spacial score (nSPS) is 14.2. The summed E-state index contributed by atoms with van der Waals surface area (Å²) in [7, 11) is 0. The van der Waals surface area contributed by atoms with E-state index >= 15 is 0 Å². The van der Waals surface area contributed by atoms with Gasteiger partial charge in [0.05, 0.1) is 5.56 Å². The SMILES string of the molecule is Cc1ccc(C(=[N+]=[N-])C(=O)ON2C(=O)CCC2=O)cc1. The van der Waals surface area contributed by atoms with Crippen LogP contribution in [0.2, 0.25) is 0 Å². The molecular formula is C13H11N3O4. The summed E-state index contributed by atoms with van der Waals surface area (Å²) in [6.07, 6.45) is 0.00446. The van der Waals surface area contributed by atoms with Crippen LogP contribution in [-0.4, -0.2) is 33.3 Å². The molecule has 7 nitrogen and oxygen atoms in total. The van der Waals surface area contributed by atoms with E-state index in [1.54, 1.807) is 24.3 Å². The van der Waals surface area contributed by atoms with Gasteiger partial charge in [-0.2, -0.15) is 4.79 Å². The van der Waals surface area contributed by atoms with Gasteiger partial charge in [-0.15, -0.1) is 5.06 Å². The van der Waals surface area contributed by atoms with Crippen molar-refractivity contribution in [2.75, 3.05) is 0 Å². The number of carbonyl (C=O) groups is 3. The van der Waals surface area contributed by atoms with Crippen molar-refractivity contribution in [3.8, 4) is 0 Å². The Morgan fingerprint density at radius 1 is 1.20 bits per heavy atom. The minimum Gasteiger partial charge on any atom is -0.360 e. The number of hydroxylamine groups is 2. The molecule has 0 saturated carbocycles. The highest BCUT2D eigenvalue weighted by Gasteiger charge is 2.36. The molecule has 1 aromatic rings. The van der Waals surface area contributed by atoms with E-state index < -0.39 is 17.8 Å². The topological polar surface area (TPSA) is 100 Å². The van der Waals surface area contributed by atoms with Gasteiger partial charge in [-0.3, -0.25) is 9.59 Å². The molecule has 7 heteroatoms. The van der Waals surface area contributed by atoms with Gasteiger partial charge in [0.1, 0.15) is 0 Å². The molecule has 1 aliphatic rings. The van der Waals surface area contributed by atoms with Crippen LogP contribution in [0.25, 0.3) is 5.53 Å². The highest BCUT2D eigenvalue weighted by atomic mass is 16.7. The molecule has 0 aliphatic carbocycles. The van der Waals surface area contributed by atoms with Crippen LogP contribution in [-0.2, 0) is 19.2 Å². The largest absolute Gasteiger partial charge is 0.446 e. The number of carbonyl (C=O) groups excluding carboxylic acids is 3. The quantitative estimate of drug-likeness (QED) is 0.349. The molecule has 0 atom stereocenters. The van der Waals surface area contributed by atoms with Gasteiger partial charge >= 0.3 is 11.7 Å². The van der Waals surface area contributed by atoms with Gasteiger partial charge in [0.25, 0.3) is 11.8 Å². The van der Waals surface area contributed by atoms with Crippen LogP contribution < -0.4 is 0 Å². The number of hydrogen-bond acceptors (Lipinski definition) is 4. The van der Waals surface area contributed by atoms with Crippen LogP contribution in [0, 0.1) is 6.92 Å². The predicted molar refractivity (Wildman–Crippen MR) is 66.1 cm³/mol. The Labute approximate surface area is 114 Å². The second kappa shape index (κ2) is 5.46. The zero-order valence-corrected chi connectivity index (χ0v) is 10.7. The van der Waals surface area contributed by atoms with Crippen LogP contribution in [0.1, 0.15) is 24.0 Å². The van der Waals surface area contributed by atoms with Gasteiger partial charge < -0.3 is 10.4 Å². The Bertz CT molecular complexity index is 614. The molecule has 102 valence electrons. The number of aryl methyl sites for hydroxylation is 1. The minimum atomic E-state index is -1.07. The Hall–Kier alpha value is -2.79. The summed E-state index contributed by atoms with van der Waals surface area (Å²) in [5.41, 5.74) is 9.83. The maximum atomic E-state index is 11.8. The molecule has 2 amide bonds. The Kier molecular flexibility index (Phi) is 3.72. The van der Waals surface area contributed by atoms with E-state index in [0.717, 1.165) is 5.56 Å². The maximum Gasteiger partial charge on any atom is 0.446 e. The minimum absolute atomic E-state index is 0.00223. The second-order valence-electron chi connectivity index (χ2n) is 4.28. The molecule has 0 N–H and O–H groups in total. The fraction of sp³-hybridized carbons (Fsp3) is 0.231. The Morgan fingerprint density at radius 2 is 1.75 bits per heavy atom. The predicted octanol–water partition coefficient (Wildman–Crippen LogP) is 0.621. The number of amides is 2. The van der Waals surface area contributed by atoms with Crippen molar-refractivity contribution in [3.63, 3.8) is 0 Å². The van der Waals surface area contributed by atoms with Gasteiger partial charge in [-0.25, -0.2) is 4.79 Å². The molecule has 1 fully saturated rings. The first-order valence-corrected chi connectivity index (χ1v) is 5.90. The van der Waals surface area contributed by atoms with Gasteiger partial charge in [-0.1, -0.05) is 17.7 Å². The van der Waals surface area contributed by atoms with E-state index in [1.165, 1.54) is 0 Å². The molecule has 20 heavy (non-hydrogen) atoms. The number of benzene rings is 1. The summed E-state index contributed by atoms with van der Waals surface area (Å²) in [6.45, 7) is 1.86. The first kappa shape index (κ1) is 13.6. The van der Waals surface area contributed by atoms with E-state index in [1.807, 2.05) is 6.92 Å². The van der Waals surface area contributed by atoms with E-state index in [4.69, 9.17) is 5.53 Å². The highest BCUT2D eigenvalue weighted by molar-refractivity contribution is 6.41. The first-order chi connectivity index (χ1) is 9.52. The first-order valence-electron chi connectivity index (χ1n) is 5.90. The van der Waals surface area contributed by atoms with Crippen LogP contribution in [0.3, 0.4) is 0 Å². The summed E-state index contributed by atoms with van der Waals surface area (Å²) in [6, 6.07) is 6.58. The maximum absolute atomic E-state index is 11.8. The molecule has 1 saturated heterocycles. The van der Waals surface area contributed by atoms with Gasteiger partial charge in [0, 0.05) is 12.8 Å². The van der Waals surface area contributed by atoms with E-state index in [0.29, 0.717) is 10.6 Å². The molecule has 0 radical (unpaired) electrons. The summed E-state index contributed by atoms with van der Waals surface area (Å²) >= 11 is 0. The number of hydrogen-bond donors (Lipinski definition) is 0. The fourth-order valence-corrected chi connectivity index (χ4v) is 1.71. The molecule has 0 bridgehead atoms. The van der Waals surface area contributed by atoms with Crippen LogP contribution >= 0.6 is 0 Å². The van der Waals surface area contributed by atoms with Crippen LogP contribution in [0.4, 0.5) is 0 Å². The van der Waals surface area contributed by atoms with E-state index in [-0.39, 0.29) is 18.6 Å². The number of nitrogens with zero attached hydrogens (tertiary/aromatic N) is 3. The molecular weight excluding hydrogens is 262 g/mol. The lowest BCUT2D eigenvalue weighted by atomic mass is 10.1. The lowest BCUT2D eigenvalue weighted by Gasteiger charge is -2.10. The van der Waals surface area contributed by atoms with Crippen LogP contribution in [0.5, 0.6) is 0 Å². The average Bonchev–Trinajstić information content (AvgIpc) is 2.73. The van der Waals surface area contributed by atoms with Crippen molar-refractivity contribution in [1.29, 1.82) is 0 Å². The lowest BCUT2D eigenvalue weighted by Crippen LogP contribution is -2.35. The molecule has 1 heterocycles. The highest BCUT2D eigenvalue weighted by Crippen LogP contribution is 2.13. The van der Waals surface area contributed by atoms with Gasteiger partial charge in [-0.05, 0) is 19.1 Å². The monoisotopic (exact) mass is 273 g/mol. The molecule has 0 unspecified atom stereocenters. The lowest BCUT2D eigenvalue weighted by molar-refractivity contribution is -0.194. The molecule has 1 aromatic carbocycles. The van der Waals surface area contributed by atoms with Crippen molar-refractivity contribution in [2.24, 2.45) is 0 Å². The van der Waals surface area contributed by atoms with Crippen molar-refractivity contribution >= 4 is 23.5 Å². The van der Waals surface area contributed by atoms with Crippen molar-refractivity contribution in [1.82, 2.24) is 5.06 Å². The number of imide groups is 1. The van der Waals surface area contributed by atoms with Crippen molar-refractivity contribution < 1.29 is 24.0 Å². The Balaban J connectivity index is 2.18. The third kappa shape index (κ3) is 2.62. The summed E-state index contributed by atoms with van der Waals surface area (Å²) in [5, 5.41) is 0.404. The van der Waals surface area contributed by atoms with Crippen molar-refractivity contribution in [3.05, 3.63) is 40.9 Å². The molecule has 0 aromatic heterocycles. The van der Waals surface area contributed by atoms with E-state index in [9.17, 15) is 14.4 Å². The Morgan fingerprint density at radius 3 is 2.25 bits per heavy atom. The zero-order chi connectivity index (χ0) is 14.7. The molecule has 1 aliphatic heterocycles. The third-order valence-corrected chi connectivity index (χ3v) is 2.80. The fourth-order valence-electron chi connectivity index (χ4n) is 1.71. The summed E-state index contributed by atoms with van der Waals surface area (Å²) in [4.78, 5) is 42.1. The average molecular weight is 273 g/mol. The third-order valence-electron chi connectivity index (χ3n) is 2.80. The summed E-state index contributed by atoms with van der Waals surface area (Å²) in [5.74, 6) is -2.26. The smallest absolute Gasteiger partial charge is 0.360 e.